The van der Waals surface area contributed by atoms with Gasteiger partial charge in [0, 0.05) is 29.4 Å². The van der Waals surface area contributed by atoms with Gasteiger partial charge >= 0.3 is 5.97 Å². The summed E-state index contributed by atoms with van der Waals surface area (Å²) >= 11 is 13.6. The molecule has 5 nitrogen and oxygen atoms in total. The van der Waals surface area contributed by atoms with E-state index in [9.17, 15) is 14.7 Å². The summed E-state index contributed by atoms with van der Waals surface area (Å²) in [7, 11) is 0. The lowest BCUT2D eigenvalue weighted by atomic mass is 9.93. The summed E-state index contributed by atoms with van der Waals surface area (Å²) in [6.45, 7) is 0.718. The largest absolute Gasteiger partial charge is 0.491 e. The van der Waals surface area contributed by atoms with Crippen LogP contribution in [-0.4, -0.2) is 40.4 Å². The summed E-state index contributed by atoms with van der Waals surface area (Å²) in [5.74, 6) is -0.0756. The predicted molar refractivity (Wildman–Crippen MR) is 142 cm³/mol. The Morgan fingerprint density at radius 1 is 1.32 bits per heavy atom. The average Bonchev–Trinajstić information content (AvgIpc) is 2.74. The number of ether oxygens (including phenoxy) is 1. The van der Waals surface area contributed by atoms with Crippen molar-refractivity contribution in [2.45, 2.75) is 25.4 Å². The van der Waals surface area contributed by atoms with Crippen LogP contribution in [0.25, 0.3) is 6.08 Å². The molecule has 164 valence electrons. The van der Waals surface area contributed by atoms with Crippen LogP contribution in [0.3, 0.4) is 0 Å². The van der Waals surface area contributed by atoms with E-state index in [1.54, 1.807) is 6.08 Å². The Balaban J connectivity index is 1.91. The zero-order valence-electron chi connectivity index (χ0n) is 16.3. The molecule has 2 aromatic rings. The van der Waals surface area contributed by atoms with Crippen LogP contribution >= 0.6 is 72.7 Å². The van der Waals surface area contributed by atoms with Crippen LogP contribution in [0.5, 0.6) is 5.75 Å². The van der Waals surface area contributed by atoms with Gasteiger partial charge in [0.05, 0.1) is 13.7 Å². The van der Waals surface area contributed by atoms with Crippen molar-refractivity contribution in [3.8, 4) is 5.75 Å². The van der Waals surface area contributed by atoms with Crippen molar-refractivity contribution < 1.29 is 19.4 Å². The normalized spacial score (nSPS) is 15.7. The van der Waals surface area contributed by atoms with Gasteiger partial charge < -0.3 is 14.7 Å². The monoisotopic (exact) mass is 729 g/mol. The van der Waals surface area contributed by atoms with Gasteiger partial charge in [-0.05, 0) is 86.5 Å². The number of carbonyl (C=O) groups excluding carboxylic acids is 1. The number of carbonyl (C=O) groups is 2. The minimum absolute atomic E-state index is 0.215. The van der Waals surface area contributed by atoms with E-state index in [0.717, 1.165) is 40.5 Å². The van der Waals surface area contributed by atoms with Gasteiger partial charge in [-0.15, -0.1) is 11.6 Å². The van der Waals surface area contributed by atoms with Gasteiger partial charge in [0.2, 0.25) is 5.91 Å². The number of aliphatic carboxylic acids is 1. The first-order valence-corrected chi connectivity index (χ1v) is 13.0. The van der Waals surface area contributed by atoms with Crippen LogP contribution in [0.2, 0.25) is 0 Å². The van der Waals surface area contributed by atoms with Gasteiger partial charge in [0.1, 0.15) is 11.8 Å². The number of hydrogen-bond donors (Lipinski definition) is 1. The van der Waals surface area contributed by atoms with Gasteiger partial charge in [-0.25, -0.2) is 4.79 Å². The zero-order chi connectivity index (χ0) is 22.5. The van der Waals surface area contributed by atoms with Crippen LogP contribution in [-0.2, 0) is 22.6 Å². The highest BCUT2D eigenvalue weighted by Gasteiger charge is 2.35. The van der Waals surface area contributed by atoms with E-state index in [1.165, 1.54) is 11.0 Å². The smallest absolute Gasteiger partial charge is 0.326 e. The highest BCUT2D eigenvalue weighted by molar-refractivity contribution is 14.1. The molecule has 1 atom stereocenters. The molecular formula is C22H19BrClI2NO4. The molecule has 0 aromatic heterocycles. The molecule has 0 radical (unpaired) electrons. The second-order valence-electron chi connectivity index (χ2n) is 6.91. The maximum Gasteiger partial charge on any atom is 0.326 e. The number of amides is 1. The maximum atomic E-state index is 13.0. The Hall–Kier alpha value is -0.850. The number of fused-ring (bicyclic) bond motifs is 1. The molecule has 1 amide bonds. The lowest BCUT2D eigenvalue weighted by molar-refractivity contribution is -0.149. The second-order valence-corrected chi connectivity index (χ2v) is 10.4. The van der Waals surface area contributed by atoms with Gasteiger partial charge in [-0.3, -0.25) is 4.79 Å². The van der Waals surface area contributed by atoms with E-state index in [4.69, 9.17) is 16.3 Å². The summed E-state index contributed by atoms with van der Waals surface area (Å²) < 4.78 is 8.62. The Labute approximate surface area is 221 Å². The minimum atomic E-state index is -1.01. The zero-order valence-corrected chi connectivity index (χ0v) is 22.9. The molecule has 3 rings (SSSR count). The van der Waals surface area contributed by atoms with E-state index in [1.807, 2.05) is 30.3 Å². The summed E-state index contributed by atoms with van der Waals surface area (Å²) in [6, 6.07) is 8.57. The second kappa shape index (κ2) is 11.3. The van der Waals surface area contributed by atoms with Crippen LogP contribution in [0, 0.1) is 7.14 Å². The molecule has 31 heavy (non-hydrogen) atoms. The quantitative estimate of drug-likeness (QED) is 0.172. The number of rotatable bonds is 7. The standard InChI is InChI=1S/C22H19BrClI2NO4/c23-16-5-2-1-4-13(16)6-7-19(28)27-12-15-14(11-18(27)22(29)30)10-17(25)21(20(15)26)31-9-3-8-24/h1-2,4-7,10,18H,3,8-9,11-12H2,(H,29,30)/b7-6+/t18-/m0/s1. The third-order valence-electron chi connectivity index (χ3n) is 4.89. The first kappa shape index (κ1) is 24.8. The Morgan fingerprint density at radius 3 is 2.74 bits per heavy atom. The molecule has 1 N–H and O–H groups in total. The molecule has 2 aromatic carbocycles. The van der Waals surface area contributed by atoms with Crippen LogP contribution < -0.4 is 4.74 Å². The number of hydrogen-bond acceptors (Lipinski definition) is 3. The van der Waals surface area contributed by atoms with E-state index >= 15 is 0 Å². The van der Waals surface area contributed by atoms with Crippen molar-refractivity contribution in [3.05, 3.63) is 64.7 Å². The van der Waals surface area contributed by atoms with Crippen molar-refractivity contribution in [2.24, 2.45) is 0 Å². The number of carboxylic acid groups (broad SMARTS) is 1. The number of alkyl halides is 1. The molecular weight excluding hydrogens is 711 g/mol. The Morgan fingerprint density at radius 2 is 2.06 bits per heavy atom. The fourth-order valence-electron chi connectivity index (χ4n) is 3.32. The average molecular weight is 731 g/mol. The summed E-state index contributed by atoms with van der Waals surface area (Å²) in [5.41, 5.74) is 2.71. The summed E-state index contributed by atoms with van der Waals surface area (Å²) in [6.07, 6.45) is 4.11. The van der Waals surface area contributed by atoms with Gasteiger partial charge in [-0.2, -0.15) is 0 Å². The molecule has 1 heterocycles. The lowest BCUT2D eigenvalue weighted by Crippen LogP contribution is -2.48. The van der Waals surface area contributed by atoms with E-state index < -0.39 is 12.0 Å². The predicted octanol–water partition coefficient (Wildman–Crippen LogP) is 5.72. The van der Waals surface area contributed by atoms with Crippen molar-refractivity contribution in [3.63, 3.8) is 0 Å². The van der Waals surface area contributed by atoms with Gasteiger partial charge in [0.15, 0.2) is 0 Å². The first-order valence-electron chi connectivity index (χ1n) is 9.48. The SMILES string of the molecule is O=C(O)[C@@H]1Cc2cc(I)c(OCCCCl)c(I)c2CN1C(=O)/C=C/c1ccccc1Br. The topological polar surface area (TPSA) is 66.8 Å². The third kappa shape index (κ3) is 5.94. The molecule has 0 unspecified atom stereocenters. The molecule has 0 aliphatic carbocycles. The molecule has 0 saturated heterocycles. The van der Waals surface area contributed by atoms with Crippen LogP contribution in [0.1, 0.15) is 23.1 Å². The number of nitrogens with zero attached hydrogens (tertiary/aromatic N) is 1. The minimum Gasteiger partial charge on any atom is -0.491 e. The molecule has 0 saturated carbocycles. The molecule has 0 spiro atoms. The summed E-state index contributed by atoms with van der Waals surface area (Å²) in [4.78, 5) is 26.4. The van der Waals surface area contributed by atoms with Crippen molar-refractivity contribution in [1.82, 2.24) is 4.90 Å². The molecule has 0 fully saturated rings. The van der Waals surface area contributed by atoms with E-state index in [0.29, 0.717) is 12.5 Å². The number of benzene rings is 2. The van der Waals surface area contributed by atoms with Gasteiger partial charge in [-0.1, -0.05) is 34.1 Å². The van der Waals surface area contributed by atoms with E-state index in [-0.39, 0.29) is 18.9 Å². The summed E-state index contributed by atoms with van der Waals surface area (Å²) in [5, 5.41) is 9.78. The molecule has 9 heteroatoms. The van der Waals surface area contributed by atoms with E-state index in [2.05, 4.69) is 61.1 Å². The Kier molecular flexibility index (Phi) is 9.06. The maximum absolute atomic E-state index is 13.0. The van der Waals surface area contributed by atoms with Gasteiger partial charge in [0.25, 0.3) is 0 Å². The first-order chi connectivity index (χ1) is 14.8. The fraction of sp³-hybridized carbons (Fsp3) is 0.273. The van der Waals surface area contributed by atoms with Crippen molar-refractivity contribution in [2.75, 3.05) is 12.5 Å². The Bertz CT molecular complexity index is 1030. The molecule has 1 aliphatic heterocycles. The highest BCUT2D eigenvalue weighted by Crippen LogP contribution is 2.37. The van der Waals surface area contributed by atoms with Crippen LogP contribution in [0.15, 0.2) is 40.9 Å². The highest BCUT2D eigenvalue weighted by atomic mass is 127. The van der Waals surface area contributed by atoms with Crippen LogP contribution in [0.4, 0.5) is 0 Å². The lowest BCUT2D eigenvalue weighted by Gasteiger charge is -2.35. The molecule has 1 aliphatic rings. The third-order valence-corrected chi connectivity index (χ3v) is 7.82. The fourth-order valence-corrected chi connectivity index (χ4v) is 6.13. The number of halogens is 4. The molecule has 0 bridgehead atoms. The van der Waals surface area contributed by atoms with Crippen molar-refractivity contribution >= 4 is 90.7 Å². The van der Waals surface area contributed by atoms with Crippen molar-refractivity contribution in [1.29, 1.82) is 0 Å². The number of carboxylic acids is 1.